The minimum atomic E-state index is -1.05. The fourth-order valence-electron chi connectivity index (χ4n) is 1.08. The number of rotatable bonds is 2. The predicted octanol–water partition coefficient (Wildman–Crippen LogP) is 0.158. The number of nitrogens with two attached hydrogens (primary N) is 2. The number of carbonyl (C=O) groups excluding carboxylic acids is 1. The zero-order valence-electron chi connectivity index (χ0n) is 7.77. The molecular formula is C9H12FN3O. The number of nitrogens with zero attached hydrogens (tertiary/aromatic N) is 1. The highest BCUT2D eigenvalue weighted by molar-refractivity contribution is 5.82. The van der Waals surface area contributed by atoms with Crippen LogP contribution in [-0.2, 0) is 4.79 Å². The lowest BCUT2D eigenvalue weighted by Gasteiger charge is -2.16. The number of hydrogen-bond acceptors (Lipinski definition) is 3. The summed E-state index contributed by atoms with van der Waals surface area (Å²) >= 11 is 0. The lowest BCUT2D eigenvalue weighted by atomic mass is 10.1. The van der Waals surface area contributed by atoms with E-state index in [0.717, 1.165) is 5.01 Å². The molecule has 0 aliphatic carbocycles. The Morgan fingerprint density at radius 2 is 2.07 bits per heavy atom. The quantitative estimate of drug-likeness (QED) is 0.403. The Bertz CT molecular complexity index is 341. The van der Waals surface area contributed by atoms with Gasteiger partial charge in [-0.2, -0.15) is 0 Å². The van der Waals surface area contributed by atoms with Gasteiger partial charge in [0.2, 0.25) is 0 Å². The van der Waals surface area contributed by atoms with Gasteiger partial charge < -0.3 is 5.73 Å². The van der Waals surface area contributed by atoms with Crippen LogP contribution in [-0.4, -0.2) is 18.0 Å². The van der Waals surface area contributed by atoms with Crippen molar-refractivity contribution in [3.05, 3.63) is 35.6 Å². The Balaban J connectivity index is 2.95. The first-order valence-corrected chi connectivity index (χ1v) is 4.06. The average molecular weight is 197 g/mol. The summed E-state index contributed by atoms with van der Waals surface area (Å²) in [5.41, 5.74) is 5.68. The van der Waals surface area contributed by atoms with Crippen molar-refractivity contribution >= 4 is 5.91 Å². The number of amides is 1. The summed E-state index contributed by atoms with van der Waals surface area (Å²) < 4.78 is 13.2. The van der Waals surface area contributed by atoms with Gasteiger partial charge in [-0.25, -0.2) is 10.2 Å². The minimum absolute atomic E-state index is 0.148. The van der Waals surface area contributed by atoms with Crippen LogP contribution in [0.3, 0.4) is 0 Å². The van der Waals surface area contributed by atoms with E-state index in [4.69, 9.17) is 11.6 Å². The van der Waals surface area contributed by atoms with Crippen LogP contribution in [0.15, 0.2) is 24.3 Å². The van der Waals surface area contributed by atoms with Crippen molar-refractivity contribution in [2.75, 3.05) is 7.05 Å². The molecule has 4 N–H and O–H groups in total. The lowest BCUT2D eigenvalue weighted by molar-refractivity contribution is -0.131. The molecule has 0 fully saturated rings. The number of carbonyl (C=O) groups is 1. The van der Waals surface area contributed by atoms with E-state index in [1.54, 1.807) is 6.07 Å². The Hall–Kier alpha value is -1.46. The van der Waals surface area contributed by atoms with Crippen LogP contribution in [0.5, 0.6) is 0 Å². The summed E-state index contributed by atoms with van der Waals surface area (Å²) in [5.74, 6) is 4.17. The summed E-state index contributed by atoms with van der Waals surface area (Å²) in [6.45, 7) is 0. The molecule has 4 nitrogen and oxygen atoms in total. The number of hydrazine groups is 1. The fraction of sp³-hybridized carbons (Fsp3) is 0.222. The zero-order valence-corrected chi connectivity index (χ0v) is 7.77. The van der Waals surface area contributed by atoms with E-state index >= 15 is 0 Å². The molecule has 0 aliphatic heterocycles. The second-order valence-corrected chi connectivity index (χ2v) is 2.95. The van der Waals surface area contributed by atoms with Crippen LogP contribution in [0.4, 0.5) is 4.39 Å². The van der Waals surface area contributed by atoms with Gasteiger partial charge in [-0.15, -0.1) is 0 Å². The number of hydrogen-bond donors (Lipinski definition) is 2. The molecule has 0 bridgehead atoms. The van der Waals surface area contributed by atoms with Gasteiger partial charge >= 0.3 is 0 Å². The molecule has 0 aromatic heterocycles. The van der Waals surface area contributed by atoms with Crippen LogP contribution >= 0.6 is 0 Å². The van der Waals surface area contributed by atoms with E-state index in [9.17, 15) is 9.18 Å². The van der Waals surface area contributed by atoms with E-state index in [0.29, 0.717) is 0 Å². The third kappa shape index (κ3) is 2.07. The number of halogens is 1. The molecule has 0 aliphatic rings. The molecule has 0 radical (unpaired) electrons. The normalized spacial score (nSPS) is 12.3. The third-order valence-corrected chi connectivity index (χ3v) is 1.85. The van der Waals surface area contributed by atoms with Crippen LogP contribution in [0, 0.1) is 5.82 Å². The first-order valence-electron chi connectivity index (χ1n) is 4.06. The van der Waals surface area contributed by atoms with Gasteiger partial charge in [-0.05, 0) is 6.07 Å². The molecule has 1 aromatic rings. The van der Waals surface area contributed by atoms with E-state index in [2.05, 4.69) is 0 Å². The summed E-state index contributed by atoms with van der Waals surface area (Å²) in [5, 5.41) is 0.844. The SMILES string of the molecule is CN(N)C(=O)C(N)c1ccccc1F. The highest BCUT2D eigenvalue weighted by atomic mass is 19.1. The molecule has 1 amide bonds. The highest BCUT2D eigenvalue weighted by Crippen LogP contribution is 2.15. The maximum atomic E-state index is 13.2. The van der Waals surface area contributed by atoms with Crippen molar-refractivity contribution in [3.63, 3.8) is 0 Å². The Kier molecular flexibility index (Phi) is 3.16. The number of benzene rings is 1. The molecular weight excluding hydrogens is 185 g/mol. The van der Waals surface area contributed by atoms with Crippen LogP contribution < -0.4 is 11.6 Å². The van der Waals surface area contributed by atoms with Crippen molar-refractivity contribution in [1.29, 1.82) is 0 Å². The topological polar surface area (TPSA) is 72.3 Å². The Morgan fingerprint density at radius 3 is 2.57 bits per heavy atom. The summed E-state index contributed by atoms with van der Waals surface area (Å²) in [6, 6.07) is 4.80. The first kappa shape index (κ1) is 10.6. The molecule has 1 unspecified atom stereocenters. The summed E-state index contributed by atoms with van der Waals surface area (Å²) in [4.78, 5) is 11.3. The standard InChI is InChI=1S/C9H12FN3O/c1-13(12)9(14)8(11)6-4-2-3-5-7(6)10/h2-5,8H,11-12H2,1H3. The monoisotopic (exact) mass is 197 g/mol. The van der Waals surface area contributed by atoms with Crippen molar-refractivity contribution in [1.82, 2.24) is 5.01 Å². The molecule has 1 rings (SSSR count). The Morgan fingerprint density at radius 1 is 1.50 bits per heavy atom. The predicted molar refractivity (Wildman–Crippen MR) is 50.3 cm³/mol. The molecule has 14 heavy (non-hydrogen) atoms. The number of likely N-dealkylation sites (N-methyl/N-ethyl adjacent to an activating group) is 1. The van der Waals surface area contributed by atoms with Gasteiger partial charge in [0.25, 0.3) is 5.91 Å². The van der Waals surface area contributed by atoms with Gasteiger partial charge in [0, 0.05) is 12.6 Å². The molecule has 76 valence electrons. The van der Waals surface area contributed by atoms with Crippen molar-refractivity contribution in [2.45, 2.75) is 6.04 Å². The molecule has 0 heterocycles. The first-order chi connectivity index (χ1) is 6.54. The highest BCUT2D eigenvalue weighted by Gasteiger charge is 2.20. The van der Waals surface area contributed by atoms with Gasteiger partial charge in [0.1, 0.15) is 11.9 Å². The smallest absolute Gasteiger partial charge is 0.257 e. The van der Waals surface area contributed by atoms with Crippen molar-refractivity contribution in [3.8, 4) is 0 Å². The van der Waals surface area contributed by atoms with Crippen LogP contribution in [0.2, 0.25) is 0 Å². The van der Waals surface area contributed by atoms with Crippen LogP contribution in [0.25, 0.3) is 0 Å². The molecule has 5 heteroatoms. The molecule has 0 spiro atoms. The van der Waals surface area contributed by atoms with E-state index in [1.165, 1.54) is 25.2 Å². The van der Waals surface area contributed by atoms with E-state index in [1.807, 2.05) is 0 Å². The van der Waals surface area contributed by atoms with Crippen molar-refractivity contribution in [2.24, 2.45) is 11.6 Å². The summed E-state index contributed by atoms with van der Waals surface area (Å²) in [6.07, 6.45) is 0. The van der Waals surface area contributed by atoms with Crippen molar-refractivity contribution < 1.29 is 9.18 Å². The third-order valence-electron chi connectivity index (χ3n) is 1.85. The molecule has 0 saturated carbocycles. The maximum absolute atomic E-state index is 13.2. The van der Waals surface area contributed by atoms with Gasteiger partial charge in [0.05, 0.1) is 0 Å². The lowest BCUT2D eigenvalue weighted by Crippen LogP contribution is -2.40. The Labute approximate surface area is 81.3 Å². The minimum Gasteiger partial charge on any atom is -0.316 e. The molecule has 0 saturated heterocycles. The summed E-state index contributed by atoms with van der Waals surface area (Å²) in [7, 11) is 1.36. The van der Waals surface area contributed by atoms with Crippen LogP contribution in [0.1, 0.15) is 11.6 Å². The van der Waals surface area contributed by atoms with Gasteiger partial charge in [0.15, 0.2) is 0 Å². The van der Waals surface area contributed by atoms with Gasteiger partial charge in [-0.1, -0.05) is 18.2 Å². The average Bonchev–Trinajstić information content (AvgIpc) is 2.16. The molecule has 1 aromatic carbocycles. The second kappa shape index (κ2) is 4.17. The second-order valence-electron chi connectivity index (χ2n) is 2.95. The maximum Gasteiger partial charge on any atom is 0.257 e. The zero-order chi connectivity index (χ0) is 10.7. The largest absolute Gasteiger partial charge is 0.316 e. The van der Waals surface area contributed by atoms with E-state index in [-0.39, 0.29) is 5.56 Å². The fourth-order valence-corrected chi connectivity index (χ4v) is 1.08. The van der Waals surface area contributed by atoms with Gasteiger partial charge in [-0.3, -0.25) is 9.80 Å². The van der Waals surface area contributed by atoms with E-state index < -0.39 is 17.8 Å². The molecule has 1 atom stereocenters.